The molecule has 1 fully saturated rings. The molecule has 1 aromatic carbocycles. The Morgan fingerprint density at radius 3 is 1.97 bits per heavy atom. The minimum atomic E-state index is -4.38. The Balaban J connectivity index is 1.55. The molecule has 1 atom stereocenters. The Kier molecular flexibility index (Phi) is 7.10. The molecule has 3 aromatic rings. The van der Waals surface area contributed by atoms with Crippen LogP contribution in [0.5, 0.6) is 0 Å². The highest BCUT2D eigenvalue weighted by molar-refractivity contribution is 7.92. The van der Waals surface area contributed by atoms with Crippen LogP contribution in [0, 0.1) is 5.82 Å². The maximum absolute atomic E-state index is 13.4. The molecule has 1 aliphatic heterocycles. The summed E-state index contributed by atoms with van der Waals surface area (Å²) in [6.07, 6.45) is 0. The lowest BCUT2D eigenvalue weighted by Crippen LogP contribution is -2.57. The van der Waals surface area contributed by atoms with Crippen molar-refractivity contribution < 1.29 is 27.2 Å². The molecule has 4 rings (SSSR count). The second kappa shape index (κ2) is 10.0. The quantitative estimate of drug-likeness (QED) is 0.502. The maximum atomic E-state index is 13.4. The van der Waals surface area contributed by atoms with Crippen LogP contribution in [-0.2, 0) is 14.6 Å². The third-order valence-corrected chi connectivity index (χ3v) is 8.89. The predicted molar refractivity (Wildman–Crippen MR) is 126 cm³/mol. The van der Waals surface area contributed by atoms with Crippen LogP contribution in [0.3, 0.4) is 0 Å². The Morgan fingerprint density at radius 1 is 0.853 bits per heavy atom. The summed E-state index contributed by atoms with van der Waals surface area (Å²) < 4.78 is 40.0. The Labute approximate surface area is 203 Å². The van der Waals surface area contributed by atoms with E-state index >= 15 is 0 Å². The van der Waals surface area contributed by atoms with E-state index in [9.17, 15) is 27.2 Å². The van der Waals surface area contributed by atoms with Gasteiger partial charge in [0, 0.05) is 26.2 Å². The van der Waals surface area contributed by atoms with E-state index in [1.807, 2.05) is 0 Å². The summed E-state index contributed by atoms with van der Waals surface area (Å²) in [5.74, 6) is -2.29. The van der Waals surface area contributed by atoms with E-state index < -0.39 is 32.8 Å². The molecule has 12 heteroatoms. The molecule has 1 N–H and O–H groups in total. The van der Waals surface area contributed by atoms with Gasteiger partial charge in [0.15, 0.2) is 0 Å². The number of thiophene rings is 2. The van der Waals surface area contributed by atoms with Gasteiger partial charge in [-0.05, 0) is 47.2 Å². The number of nitrogens with zero attached hydrogens (tertiary/aromatic N) is 2. The van der Waals surface area contributed by atoms with Gasteiger partial charge in [0.2, 0.25) is 15.2 Å². The highest BCUT2D eigenvalue weighted by atomic mass is 32.2. The molecule has 3 amide bonds. The normalized spacial score (nSPS) is 15.1. The zero-order valence-electron chi connectivity index (χ0n) is 17.7. The first kappa shape index (κ1) is 24.0. The summed E-state index contributed by atoms with van der Waals surface area (Å²) >= 11 is 2.43. The number of nitrogens with one attached hydrogen (secondary N) is 1. The Hall–Kier alpha value is -3.09. The number of piperazine rings is 1. The summed E-state index contributed by atoms with van der Waals surface area (Å²) in [7, 11) is -4.38. The van der Waals surface area contributed by atoms with E-state index in [-0.39, 0.29) is 41.9 Å². The van der Waals surface area contributed by atoms with Crippen molar-refractivity contribution >= 4 is 50.2 Å². The Morgan fingerprint density at radius 2 is 1.41 bits per heavy atom. The van der Waals surface area contributed by atoms with Crippen LogP contribution < -0.4 is 5.32 Å². The second-order valence-corrected chi connectivity index (χ2v) is 11.4. The fourth-order valence-electron chi connectivity index (χ4n) is 3.48. The number of hydrogen-bond donors (Lipinski definition) is 1. The minimum absolute atomic E-state index is 0.111. The zero-order valence-corrected chi connectivity index (χ0v) is 20.2. The standard InChI is InChI=1S/C22H20FN3O5S3/c23-15-5-7-16(8-6-15)34(30,31)20(24-19(27)17-3-1-13-32-17)22(29)26-11-9-25(10-12-26)21(28)18-4-2-14-33-18/h1-8,13-14,20H,9-12H2,(H,24,27)/t20-/m1/s1. The van der Waals surface area contributed by atoms with Gasteiger partial charge in [0.1, 0.15) is 5.82 Å². The van der Waals surface area contributed by atoms with E-state index in [4.69, 9.17) is 0 Å². The van der Waals surface area contributed by atoms with Gasteiger partial charge in [0.25, 0.3) is 17.7 Å². The van der Waals surface area contributed by atoms with Crippen molar-refractivity contribution in [3.63, 3.8) is 0 Å². The van der Waals surface area contributed by atoms with Crippen LogP contribution in [0.2, 0.25) is 0 Å². The highest BCUT2D eigenvalue weighted by Gasteiger charge is 2.39. The molecule has 0 unspecified atom stereocenters. The van der Waals surface area contributed by atoms with Gasteiger partial charge in [0.05, 0.1) is 14.6 Å². The largest absolute Gasteiger partial charge is 0.336 e. The predicted octanol–water partition coefficient (Wildman–Crippen LogP) is 2.46. The van der Waals surface area contributed by atoms with E-state index in [0.29, 0.717) is 4.88 Å². The summed E-state index contributed by atoms with van der Waals surface area (Å²) in [4.78, 5) is 42.0. The molecule has 3 heterocycles. The monoisotopic (exact) mass is 521 g/mol. The van der Waals surface area contributed by atoms with Crippen LogP contribution in [0.1, 0.15) is 19.3 Å². The molecule has 1 saturated heterocycles. The Bertz CT molecular complexity index is 1270. The highest BCUT2D eigenvalue weighted by Crippen LogP contribution is 2.20. The molecule has 8 nitrogen and oxygen atoms in total. The molecule has 0 spiro atoms. The summed E-state index contributed by atoms with van der Waals surface area (Å²) in [5.41, 5.74) is 0. The van der Waals surface area contributed by atoms with Crippen molar-refractivity contribution in [3.8, 4) is 0 Å². The number of hydrogen-bond acceptors (Lipinski definition) is 7. The second-order valence-electron chi connectivity index (χ2n) is 7.42. The molecule has 1 aliphatic rings. The van der Waals surface area contributed by atoms with Gasteiger partial charge in [-0.3, -0.25) is 14.4 Å². The molecular weight excluding hydrogens is 501 g/mol. The molecule has 0 saturated carbocycles. The number of halogens is 1. The molecule has 2 aromatic heterocycles. The van der Waals surface area contributed by atoms with Crippen LogP contribution in [0.4, 0.5) is 4.39 Å². The number of benzene rings is 1. The average molecular weight is 522 g/mol. The summed E-state index contributed by atoms with van der Waals surface area (Å²) in [6.45, 7) is 0.676. The van der Waals surface area contributed by atoms with Crippen molar-refractivity contribution in [3.05, 3.63) is 74.9 Å². The molecule has 0 bridgehead atoms. The lowest BCUT2D eigenvalue weighted by molar-refractivity contribution is -0.132. The molecule has 0 aliphatic carbocycles. The van der Waals surface area contributed by atoms with Gasteiger partial charge in [-0.15, -0.1) is 22.7 Å². The minimum Gasteiger partial charge on any atom is -0.336 e. The summed E-state index contributed by atoms with van der Waals surface area (Å²) in [6, 6.07) is 10.7. The fourth-order valence-corrected chi connectivity index (χ4v) is 6.26. The van der Waals surface area contributed by atoms with Crippen molar-refractivity contribution in [2.24, 2.45) is 0 Å². The van der Waals surface area contributed by atoms with Gasteiger partial charge < -0.3 is 15.1 Å². The lowest BCUT2D eigenvalue weighted by Gasteiger charge is -2.36. The first-order valence-corrected chi connectivity index (χ1v) is 13.5. The molecule has 178 valence electrons. The van der Waals surface area contributed by atoms with E-state index in [2.05, 4.69) is 5.32 Å². The smallest absolute Gasteiger partial charge is 0.264 e. The molecular formula is C22H20FN3O5S3. The number of sulfone groups is 1. The van der Waals surface area contributed by atoms with Gasteiger partial charge in [-0.25, -0.2) is 12.8 Å². The number of amides is 3. The van der Waals surface area contributed by atoms with E-state index in [1.54, 1.807) is 33.9 Å². The maximum Gasteiger partial charge on any atom is 0.264 e. The number of carbonyl (C=O) groups is 3. The molecule has 34 heavy (non-hydrogen) atoms. The van der Waals surface area contributed by atoms with Gasteiger partial charge >= 0.3 is 0 Å². The first-order chi connectivity index (χ1) is 16.3. The van der Waals surface area contributed by atoms with Crippen LogP contribution in [0.25, 0.3) is 0 Å². The average Bonchev–Trinajstić information content (AvgIpc) is 3.57. The third kappa shape index (κ3) is 5.03. The SMILES string of the molecule is O=C(N[C@@H](C(=O)N1CCN(C(=O)c2cccs2)CC1)S(=O)(=O)c1ccc(F)cc1)c1cccs1. The van der Waals surface area contributed by atoms with Crippen molar-refractivity contribution in [2.75, 3.05) is 26.2 Å². The zero-order chi connectivity index (χ0) is 24.3. The van der Waals surface area contributed by atoms with Crippen molar-refractivity contribution in [2.45, 2.75) is 10.3 Å². The van der Waals surface area contributed by atoms with Crippen molar-refractivity contribution in [1.82, 2.24) is 15.1 Å². The lowest BCUT2D eigenvalue weighted by atomic mass is 10.3. The third-order valence-electron chi connectivity index (χ3n) is 5.29. The molecule has 0 radical (unpaired) electrons. The number of carbonyl (C=O) groups excluding carboxylic acids is 3. The van der Waals surface area contributed by atoms with Gasteiger partial charge in [-0.1, -0.05) is 12.1 Å². The topological polar surface area (TPSA) is 104 Å². The first-order valence-electron chi connectivity index (χ1n) is 10.2. The summed E-state index contributed by atoms with van der Waals surface area (Å²) in [5, 5.41) is 3.91. The van der Waals surface area contributed by atoms with Crippen LogP contribution >= 0.6 is 22.7 Å². The number of rotatable bonds is 6. The van der Waals surface area contributed by atoms with E-state index in [0.717, 1.165) is 35.6 Å². The van der Waals surface area contributed by atoms with Crippen LogP contribution in [0.15, 0.2) is 64.2 Å². The fraction of sp³-hybridized carbons (Fsp3) is 0.227. The van der Waals surface area contributed by atoms with Crippen LogP contribution in [-0.4, -0.2) is 67.5 Å². The van der Waals surface area contributed by atoms with Crippen molar-refractivity contribution in [1.29, 1.82) is 0 Å². The van der Waals surface area contributed by atoms with Gasteiger partial charge in [-0.2, -0.15) is 0 Å². The van der Waals surface area contributed by atoms with E-state index in [1.165, 1.54) is 22.3 Å².